The summed E-state index contributed by atoms with van der Waals surface area (Å²) in [4.78, 5) is 13.0. The number of nitrogens with one attached hydrogen (secondary N) is 2. The summed E-state index contributed by atoms with van der Waals surface area (Å²) in [7, 11) is 1.92. The molecule has 5 heteroatoms. The molecule has 1 saturated carbocycles. The van der Waals surface area contributed by atoms with Gasteiger partial charge in [0, 0.05) is 38.3 Å². The summed E-state index contributed by atoms with van der Waals surface area (Å²) >= 11 is 0. The van der Waals surface area contributed by atoms with Crippen molar-refractivity contribution in [2.24, 2.45) is 18.9 Å². The van der Waals surface area contributed by atoms with E-state index >= 15 is 0 Å². The molecule has 0 radical (unpaired) electrons. The van der Waals surface area contributed by atoms with Crippen molar-refractivity contribution < 1.29 is 4.79 Å². The number of carbonyl (C=O) groups is 1. The van der Waals surface area contributed by atoms with Gasteiger partial charge in [-0.15, -0.1) is 0 Å². The van der Waals surface area contributed by atoms with Crippen LogP contribution in [0.5, 0.6) is 0 Å². The van der Waals surface area contributed by atoms with E-state index in [9.17, 15) is 4.79 Å². The maximum Gasteiger partial charge on any atom is 0.225 e. The molecular weight excluding hydrogens is 312 g/mol. The second kappa shape index (κ2) is 7.00. The summed E-state index contributed by atoms with van der Waals surface area (Å²) in [6, 6.07) is 10.7. The molecule has 3 atom stereocenters. The van der Waals surface area contributed by atoms with Crippen LogP contribution in [0.15, 0.2) is 42.7 Å². The van der Waals surface area contributed by atoms with Gasteiger partial charge in [0.25, 0.3) is 0 Å². The molecule has 4 rings (SSSR count). The van der Waals surface area contributed by atoms with Crippen molar-refractivity contribution in [2.75, 3.05) is 13.1 Å². The number of carbonyl (C=O) groups excluding carboxylic acids is 1. The zero-order valence-corrected chi connectivity index (χ0v) is 14.7. The van der Waals surface area contributed by atoms with Gasteiger partial charge >= 0.3 is 0 Å². The van der Waals surface area contributed by atoms with E-state index in [-0.39, 0.29) is 23.8 Å². The van der Waals surface area contributed by atoms with E-state index in [4.69, 9.17) is 0 Å². The Morgan fingerprint density at radius 3 is 2.80 bits per heavy atom. The zero-order valence-electron chi connectivity index (χ0n) is 14.7. The molecular formula is C20H26N4O. The van der Waals surface area contributed by atoms with Crippen molar-refractivity contribution in [2.45, 2.75) is 31.2 Å². The largest absolute Gasteiger partial charge is 0.352 e. The van der Waals surface area contributed by atoms with Gasteiger partial charge in [0.15, 0.2) is 0 Å². The first kappa shape index (κ1) is 16.3. The van der Waals surface area contributed by atoms with Gasteiger partial charge in [-0.05, 0) is 36.3 Å². The molecule has 1 unspecified atom stereocenters. The number of aromatic nitrogens is 2. The van der Waals surface area contributed by atoms with E-state index in [2.05, 4.69) is 40.0 Å². The van der Waals surface area contributed by atoms with Gasteiger partial charge in [-0.25, -0.2) is 0 Å². The van der Waals surface area contributed by atoms with Gasteiger partial charge in [-0.3, -0.25) is 9.48 Å². The Labute approximate surface area is 148 Å². The van der Waals surface area contributed by atoms with E-state index in [1.165, 1.54) is 18.4 Å². The molecule has 1 aromatic carbocycles. The van der Waals surface area contributed by atoms with E-state index in [0.29, 0.717) is 5.92 Å². The topological polar surface area (TPSA) is 59.0 Å². The van der Waals surface area contributed by atoms with Crippen molar-refractivity contribution in [1.82, 2.24) is 20.4 Å². The first-order chi connectivity index (χ1) is 12.2. The fraction of sp³-hybridized carbons (Fsp3) is 0.500. The fourth-order valence-electron chi connectivity index (χ4n) is 3.93. The lowest BCUT2D eigenvalue weighted by Gasteiger charge is -2.23. The summed E-state index contributed by atoms with van der Waals surface area (Å²) in [5.74, 6) is 1.02. The number of nitrogens with zero attached hydrogens (tertiary/aromatic N) is 2. The van der Waals surface area contributed by atoms with Crippen LogP contribution < -0.4 is 10.6 Å². The monoisotopic (exact) mass is 338 g/mol. The minimum Gasteiger partial charge on any atom is -0.352 e. The van der Waals surface area contributed by atoms with E-state index in [0.717, 1.165) is 25.1 Å². The van der Waals surface area contributed by atoms with E-state index in [1.54, 1.807) is 0 Å². The van der Waals surface area contributed by atoms with Gasteiger partial charge in [-0.2, -0.15) is 5.10 Å². The van der Waals surface area contributed by atoms with Crippen molar-refractivity contribution >= 4 is 5.91 Å². The van der Waals surface area contributed by atoms with E-state index in [1.807, 2.05) is 30.2 Å². The van der Waals surface area contributed by atoms with Crippen molar-refractivity contribution in [1.29, 1.82) is 0 Å². The highest BCUT2D eigenvalue weighted by Gasteiger charge is 2.38. The normalized spacial score (nSPS) is 24.2. The molecule has 2 aliphatic rings. The molecule has 0 spiro atoms. The Kier molecular flexibility index (Phi) is 4.57. The SMILES string of the molecule is Cn1cc([C@H]2CNC[C@@H]2C(=O)NC(Cc2ccccc2)C2CC2)cn1. The van der Waals surface area contributed by atoms with Gasteiger partial charge in [0.2, 0.25) is 5.91 Å². The maximum absolute atomic E-state index is 13.0. The van der Waals surface area contributed by atoms with Crippen LogP contribution in [0.1, 0.15) is 29.9 Å². The molecule has 0 bridgehead atoms. The van der Waals surface area contributed by atoms with Crippen LogP contribution in [0.25, 0.3) is 0 Å². The number of amides is 1. The summed E-state index contributed by atoms with van der Waals surface area (Å²) in [6.07, 6.45) is 7.30. The van der Waals surface area contributed by atoms with Crippen LogP contribution in [0.3, 0.4) is 0 Å². The highest BCUT2D eigenvalue weighted by molar-refractivity contribution is 5.81. The first-order valence-electron chi connectivity index (χ1n) is 9.24. The lowest BCUT2D eigenvalue weighted by Crippen LogP contribution is -2.43. The molecule has 1 aliphatic heterocycles. The van der Waals surface area contributed by atoms with Crippen LogP contribution in [0, 0.1) is 11.8 Å². The minimum absolute atomic E-state index is 0.0128. The van der Waals surface area contributed by atoms with Crippen molar-refractivity contribution in [3.05, 3.63) is 53.9 Å². The molecule has 2 N–H and O–H groups in total. The highest BCUT2D eigenvalue weighted by atomic mass is 16.2. The standard InChI is InChI=1S/C20H26N4O/c1-24-13-16(10-22-24)17-11-21-12-18(17)20(25)23-19(15-7-8-15)9-14-5-3-2-4-6-14/h2-6,10,13,15,17-19,21H,7-9,11-12H2,1H3,(H,23,25)/t17-,18+,19?/m1/s1. The minimum atomic E-state index is -0.0128. The highest BCUT2D eigenvalue weighted by Crippen LogP contribution is 2.35. The molecule has 2 aromatic rings. The molecule has 25 heavy (non-hydrogen) atoms. The molecule has 2 heterocycles. The summed E-state index contributed by atoms with van der Waals surface area (Å²) < 4.78 is 1.81. The Morgan fingerprint density at radius 1 is 1.32 bits per heavy atom. The molecule has 2 fully saturated rings. The molecule has 1 saturated heterocycles. The zero-order chi connectivity index (χ0) is 17.2. The number of rotatable bonds is 6. The van der Waals surface area contributed by atoms with Gasteiger partial charge in [-0.1, -0.05) is 30.3 Å². The third kappa shape index (κ3) is 3.76. The fourth-order valence-corrected chi connectivity index (χ4v) is 3.93. The Hall–Kier alpha value is -2.14. The Bertz CT molecular complexity index is 722. The van der Waals surface area contributed by atoms with Gasteiger partial charge in [0.1, 0.15) is 0 Å². The van der Waals surface area contributed by atoms with E-state index < -0.39 is 0 Å². The second-order valence-electron chi connectivity index (χ2n) is 7.46. The van der Waals surface area contributed by atoms with Crippen LogP contribution in [-0.4, -0.2) is 34.8 Å². The number of hydrogen-bond donors (Lipinski definition) is 2. The number of aryl methyl sites for hydroxylation is 1. The second-order valence-corrected chi connectivity index (χ2v) is 7.46. The molecule has 5 nitrogen and oxygen atoms in total. The predicted molar refractivity (Wildman–Crippen MR) is 97.1 cm³/mol. The van der Waals surface area contributed by atoms with Crippen LogP contribution in [0.4, 0.5) is 0 Å². The summed E-state index contributed by atoms with van der Waals surface area (Å²) in [6.45, 7) is 1.59. The maximum atomic E-state index is 13.0. The van der Waals surface area contributed by atoms with Crippen LogP contribution in [-0.2, 0) is 18.3 Å². The van der Waals surface area contributed by atoms with Gasteiger partial charge < -0.3 is 10.6 Å². The summed E-state index contributed by atoms with van der Waals surface area (Å²) in [5.41, 5.74) is 2.45. The summed E-state index contributed by atoms with van der Waals surface area (Å²) in [5, 5.41) is 11.0. The Balaban J connectivity index is 1.44. The molecule has 1 aromatic heterocycles. The number of benzene rings is 1. The number of hydrogen-bond acceptors (Lipinski definition) is 3. The third-order valence-corrected chi connectivity index (χ3v) is 5.52. The smallest absolute Gasteiger partial charge is 0.225 e. The quantitative estimate of drug-likeness (QED) is 0.845. The van der Waals surface area contributed by atoms with Crippen molar-refractivity contribution in [3.8, 4) is 0 Å². The molecule has 132 valence electrons. The Morgan fingerprint density at radius 2 is 2.12 bits per heavy atom. The molecule has 1 amide bonds. The lowest BCUT2D eigenvalue weighted by atomic mass is 9.89. The van der Waals surface area contributed by atoms with Crippen LogP contribution in [0.2, 0.25) is 0 Å². The lowest BCUT2D eigenvalue weighted by molar-refractivity contribution is -0.125. The molecule has 1 aliphatic carbocycles. The van der Waals surface area contributed by atoms with Crippen LogP contribution >= 0.6 is 0 Å². The average Bonchev–Trinajstić information content (AvgIpc) is 3.18. The van der Waals surface area contributed by atoms with Gasteiger partial charge in [0.05, 0.1) is 12.1 Å². The third-order valence-electron chi connectivity index (χ3n) is 5.52. The van der Waals surface area contributed by atoms with Crippen molar-refractivity contribution in [3.63, 3.8) is 0 Å². The average molecular weight is 338 g/mol. The first-order valence-corrected chi connectivity index (χ1v) is 9.24. The predicted octanol–water partition coefficient (Wildman–Crippen LogP) is 1.86.